The molecule has 2 aromatic heterocycles. The van der Waals surface area contributed by atoms with Gasteiger partial charge in [-0.15, -0.1) is 11.3 Å². The Morgan fingerprint density at radius 1 is 1.22 bits per heavy atom. The first kappa shape index (κ1) is 17.8. The van der Waals surface area contributed by atoms with Crippen molar-refractivity contribution in [2.75, 3.05) is 13.1 Å². The summed E-state index contributed by atoms with van der Waals surface area (Å²) in [5.41, 5.74) is 2.66. The van der Waals surface area contributed by atoms with Crippen molar-refractivity contribution in [3.8, 4) is 10.7 Å². The molecule has 1 unspecified atom stereocenters. The molecule has 1 atom stereocenters. The van der Waals surface area contributed by atoms with Crippen LogP contribution in [0.15, 0.2) is 52.4 Å². The van der Waals surface area contributed by atoms with Crippen molar-refractivity contribution in [2.24, 2.45) is 0 Å². The maximum absolute atomic E-state index is 12.3. The highest BCUT2D eigenvalue weighted by Gasteiger charge is 2.33. The van der Waals surface area contributed by atoms with Gasteiger partial charge in [-0.2, -0.15) is 4.98 Å². The molecule has 0 saturated carbocycles. The van der Waals surface area contributed by atoms with Crippen LogP contribution in [0.25, 0.3) is 10.7 Å². The second-order valence-electron chi connectivity index (χ2n) is 6.53. The molecular weight excluding hydrogens is 364 g/mol. The number of nitrogens with one attached hydrogen (secondary N) is 1. The van der Waals surface area contributed by atoms with Gasteiger partial charge in [0.1, 0.15) is 6.04 Å². The maximum atomic E-state index is 12.3. The van der Waals surface area contributed by atoms with Crippen LogP contribution in [0.4, 0.5) is 0 Å². The number of carbonyl (C=O) groups excluding carboxylic acids is 1. The molecule has 1 saturated heterocycles. The molecular formula is C19H20N4O3S. The molecule has 0 spiro atoms. The summed E-state index contributed by atoms with van der Waals surface area (Å²) >= 11 is 1.58. The molecule has 3 heterocycles. The van der Waals surface area contributed by atoms with Crippen LogP contribution in [0.5, 0.6) is 0 Å². The van der Waals surface area contributed by atoms with Crippen LogP contribution in [0.3, 0.4) is 0 Å². The number of thiophene rings is 1. The molecule has 140 valence electrons. The molecule has 1 aliphatic heterocycles. The van der Waals surface area contributed by atoms with Crippen LogP contribution >= 0.6 is 11.3 Å². The number of piperidine rings is 1. The van der Waals surface area contributed by atoms with Crippen molar-refractivity contribution in [2.45, 2.75) is 24.8 Å². The number of rotatable bonds is 5. The van der Waals surface area contributed by atoms with Gasteiger partial charge in [0.25, 0.3) is 5.91 Å². The van der Waals surface area contributed by atoms with E-state index in [-0.39, 0.29) is 5.92 Å². The lowest BCUT2D eigenvalue weighted by molar-refractivity contribution is -0.135. The monoisotopic (exact) mass is 384 g/mol. The molecule has 4 rings (SSSR count). The van der Waals surface area contributed by atoms with Crippen LogP contribution in [0.1, 0.15) is 36.3 Å². The second kappa shape index (κ2) is 7.99. The minimum absolute atomic E-state index is 0.177. The quantitative estimate of drug-likeness (QED) is 0.518. The number of amides is 1. The number of hydroxylamine groups is 1. The Kier molecular flexibility index (Phi) is 5.28. The summed E-state index contributed by atoms with van der Waals surface area (Å²) < 4.78 is 5.48. The Labute approximate surface area is 160 Å². The van der Waals surface area contributed by atoms with Crippen LogP contribution < -0.4 is 5.48 Å². The largest absolute Gasteiger partial charge is 0.339 e. The van der Waals surface area contributed by atoms with Gasteiger partial charge in [0.05, 0.1) is 4.88 Å². The zero-order valence-electron chi connectivity index (χ0n) is 14.6. The van der Waals surface area contributed by atoms with Crippen LogP contribution in [-0.4, -0.2) is 39.2 Å². The Bertz CT molecular complexity index is 874. The zero-order valence-corrected chi connectivity index (χ0v) is 15.4. The van der Waals surface area contributed by atoms with E-state index in [9.17, 15) is 4.79 Å². The van der Waals surface area contributed by atoms with E-state index in [4.69, 9.17) is 9.73 Å². The first-order valence-electron chi connectivity index (χ1n) is 8.86. The predicted molar refractivity (Wildman–Crippen MR) is 100 cm³/mol. The molecule has 2 N–H and O–H groups in total. The fourth-order valence-corrected chi connectivity index (χ4v) is 4.19. The zero-order chi connectivity index (χ0) is 18.6. The van der Waals surface area contributed by atoms with E-state index < -0.39 is 11.9 Å². The van der Waals surface area contributed by atoms with Gasteiger partial charge < -0.3 is 4.52 Å². The molecule has 1 aliphatic rings. The van der Waals surface area contributed by atoms with Crippen LogP contribution in [-0.2, 0) is 4.79 Å². The average molecular weight is 384 g/mol. The topological polar surface area (TPSA) is 91.5 Å². The number of likely N-dealkylation sites (tertiary alicyclic amines) is 1. The van der Waals surface area contributed by atoms with Gasteiger partial charge in [-0.25, -0.2) is 5.48 Å². The summed E-state index contributed by atoms with van der Waals surface area (Å²) in [5.74, 6) is 1.04. The van der Waals surface area contributed by atoms with Gasteiger partial charge in [0.15, 0.2) is 0 Å². The van der Waals surface area contributed by atoms with E-state index >= 15 is 0 Å². The highest BCUT2D eigenvalue weighted by Crippen LogP contribution is 2.33. The highest BCUT2D eigenvalue weighted by atomic mass is 32.1. The van der Waals surface area contributed by atoms with Crippen molar-refractivity contribution < 1.29 is 14.5 Å². The van der Waals surface area contributed by atoms with Crippen molar-refractivity contribution >= 4 is 17.2 Å². The first-order valence-corrected chi connectivity index (χ1v) is 9.74. The van der Waals surface area contributed by atoms with Gasteiger partial charge in [0, 0.05) is 5.92 Å². The molecule has 8 heteroatoms. The molecule has 7 nitrogen and oxygen atoms in total. The SMILES string of the molecule is O=C(NO)C(c1ccccc1)N1CCC(c2nc(-c3cccs3)no2)CC1. The summed E-state index contributed by atoms with van der Waals surface area (Å²) in [6.45, 7) is 1.41. The fourth-order valence-electron chi connectivity index (χ4n) is 3.54. The molecule has 0 radical (unpaired) electrons. The fraction of sp³-hybridized carbons (Fsp3) is 0.316. The van der Waals surface area contributed by atoms with E-state index in [1.165, 1.54) is 0 Å². The molecule has 0 bridgehead atoms. The van der Waals surface area contributed by atoms with Crippen molar-refractivity contribution in [3.05, 3.63) is 59.3 Å². The number of hydrogen-bond acceptors (Lipinski definition) is 7. The molecule has 0 aliphatic carbocycles. The molecule has 1 amide bonds. The van der Waals surface area contributed by atoms with Crippen molar-refractivity contribution in [1.82, 2.24) is 20.5 Å². The molecule has 1 aromatic carbocycles. The Morgan fingerprint density at radius 3 is 2.67 bits per heavy atom. The smallest absolute Gasteiger partial charge is 0.265 e. The van der Waals surface area contributed by atoms with Gasteiger partial charge in [0.2, 0.25) is 11.7 Å². The Balaban J connectivity index is 1.45. The molecule has 27 heavy (non-hydrogen) atoms. The predicted octanol–water partition coefficient (Wildman–Crippen LogP) is 3.22. The molecule has 1 fully saturated rings. The van der Waals surface area contributed by atoms with Gasteiger partial charge in [-0.1, -0.05) is 41.6 Å². The summed E-state index contributed by atoms with van der Waals surface area (Å²) in [7, 11) is 0. The highest BCUT2D eigenvalue weighted by molar-refractivity contribution is 7.13. The Hall–Kier alpha value is -2.55. The number of benzene rings is 1. The standard InChI is InChI=1S/C19H20N4O3S/c24-18(21-25)16(13-5-2-1-3-6-13)23-10-8-14(9-11-23)19-20-17(22-26-19)15-7-4-12-27-15/h1-7,12,14,16,25H,8-11H2,(H,21,24). The van der Waals surface area contributed by atoms with E-state index in [0.717, 1.165) is 23.3 Å². The summed E-state index contributed by atoms with van der Waals surface area (Å²) in [6, 6.07) is 12.9. The number of hydrogen-bond donors (Lipinski definition) is 2. The minimum Gasteiger partial charge on any atom is -0.339 e. The van der Waals surface area contributed by atoms with Crippen LogP contribution in [0.2, 0.25) is 0 Å². The van der Waals surface area contributed by atoms with Crippen molar-refractivity contribution in [3.63, 3.8) is 0 Å². The van der Waals surface area contributed by atoms with Gasteiger partial charge in [-0.3, -0.25) is 14.9 Å². The lowest BCUT2D eigenvalue weighted by atomic mass is 9.94. The third-order valence-corrected chi connectivity index (χ3v) is 5.77. The normalized spacial score (nSPS) is 16.9. The lowest BCUT2D eigenvalue weighted by Gasteiger charge is -2.35. The van der Waals surface area contributed by atoms with Crippen molar-refractivity contribution in [1.29, 1.82) is 0 Å². The van der Waals surface area contributed by atoms with Crippen LogP contribution in [0, 0.1) is 0 Å². The Morgan fingerprint density at radius 2 is 2.00 bits per heavy atom. The lowest BCUT2D eigenvalue weighted by Crippen LogP contribution is -2.43. The third kappa shape index (κ3) is 3.78. The maximum Gasteiger partial charge on any atom is 0.265 e. The number of carbonyl (C=O) groups is 1. The number of nitrogens with zero attached hydrogens (tertiary/aromatic N) is 3. The van der Waals surface area contributed by atoms with E-state index in [2.05, 4.69) is 15.0 Å². The molecule has 3 aromatic rings. The van der Waals surface area contributed by atoms with E-state index in [0.29, 0.717) is 24.8 Å². The summed E-state index contributed by atoms with van der Waals surface area (Å²) in [6.07, 6.45) is 1.63. The third-order valence-electron chi connectivity index (χ3n) is 4.90. The second-order valence-corrected chi connectivity index (χ2v) is 7.48. The average Bonchev–Trinajstić information content (AvgIpc) is 3.41. The van der Waals surface area contributed by atoms with Gasteiger partial charge in [-0.05, 0) is 42.9 Å². The number of aromatic nitrogens is 2. The van der Waals surface area contributed by atoms with E-state index in [1.54, 1.807) is 16.8 Å². The van der Waals surface area contributed by atoms with Gasteiger partial charge >= 0.3 is 0 Å². The summed E-state index contributed by atoms with van der Waals surface area (Å²) in [4.78, 5) is 19.9. The van der Waals surface area contributed by atoms with E-state index in [1.807, 2.05) is 47.8 Å². The minimum atomic E-state index is -0.512. The first-order chi connectivity index (χ1) is 13.3. The summed E-state index contributed by atoms with van der Waals surface area (Å²) in [5, 5.41) is 15.2.